The zero-order valence-corrected chi connectivity index (χ0v) is 23.3. The number of benzene rings is 2. The van der Waals surface area contributed by atoms with Crippen molar-refractivity contribution in [3.63, 3.8) is 0 Å². The topological polar surface area (TPSA) is 121 Å². The van der Waals surface area contributed by atoms with Crippen LogP contribution in [0.1, 0.15) is 49.3 Å². The zero-order valence-electron chi connectivity index (χ0n) is 22.5. The number of aliphatic carboxylic acids is 1. The molecule has 3 aromatic rings. The summed E-state index contributed by atoms with van der Waals surface area (Å²) >= 11 is 6.05. The van der Waals surface area contributed by atoms with E-state index in [4.69, 9.17) is 16.3 Å². The van der Waals surface area contributed by atoms with Crippen molar-refractivity contribution in [2.24, 2.45) is 0 Å². The fourth-order valence-electron chi connectivity index (χ4n) is 5.34. The summed E-state index contributed by atoms with van der Waals surface area (Å²) in [6.07, 6.45) is 2.77. The van der Waals surface area contributed by atoms with E-state index in [1.54, 1.807) is 12.1 Å². The number of hydrogen-bond donors (Lipinski definition) is 3. The van der Waals surface area contributed by atoms with Crippen LogP contribution in [0.4, 0.5) is 25.0 Å². The molecule has 0 spiro atoms. The molecule has 3 N–H and O–H groups in total. The van der Waals surface area contributed by atoms with Crippen LogP contribution in [0, 0.1) is 11.6 Å². The van der Waals surface area contributed by atoms with Crippen molar-refractivity contribution in [1.29, 1.82) is 0 Å². The molecule has 0 saturated carbocycles. The Bertz CT molecular complexity index is 1520. The number of cyclic esters (lactones) is 1. The molecule has 2 unspecified atom stereocenters. The predicted octanol–water partition coefficient (Wildman–Crippen LogP) is 6.18. The first-order valence-corrected chi connectivity index (χ1v) is 14.0. The highest BCUT2D eigenvalue weighted by Crippen LogP contribution is 2.35. The summed E-state index contributed by atoms with van der Waals surface area (Å²) in [6, 6.07) is 9.30. The van der Waals surface area contributed by atoms with Gasteiger partial charge in [0.25, 0.3) is 0 Å². The van der Waals surface area contributed by atoms with Gasteiger partial charge in [0.05, 0.1) is 35.5 Å². The van der Waals surface area contributed by atoms with E-state index in [-0.39, 0.29) is 48.3 Å². The number of carboxylic acid groups (broad SMARTS) is 1. The number of nitrogens with zero attached hydrogens (tertiary/aromatic N) is 2. The molecule has 0 saturated heterocycles. The SMILES string of the molecule is O=C1Nc2ccc(Cl)c(F)c2CN(C(=O)C2CCCCC(C(=O)O)Nc3ccc(F)cc3-c3ccnc2c3)CCCO1. The van der Waals surface area contributed by atoms with Crippen molar-refractivity contribution in [3.8, 4) is 11.1 Å². The second-order valence-electron chi connectivity index (χ2n) is 10.3. The van der Waals surface area contributed by atoms with Crippen LogP contribution in [0.2, 0.25) is 5.02 Å². The summed E-state index contributed by atoms with van der Waals surface area (Å²) in [5.41, 5.74) is 2.09. The number of carboxylic acids is 1. The van der Waals surface area contributed by atoms with E-state index in [1.165, 1.54) is 41.4 Å². The van der Waals surface area contributed by atoms with Gasteiger partial charge in [-0.15, -0.1) is 0 Å². The number of aromatic nitrogens is 1. The number of anilines is 2. The molecule has 2 amide bonds. The van der Waals surface area contributed by atoms with Crippen LogP contribution in [-0.4, -0.2) is 52.2 Å². The van der Waals surface area contributed by atoms with Gasteiger partial charge in [-0.3, -0.25) is 15.1 Å². The first kappa shape index (κ1) is 29.2. The average molecular weight is 599 g/mol. The lowest BCUT2D eigenvalue weighted by Gasteiger charge is -2.30. The van der Waals surface area contributed by atoms with Crippen molar-refractivity contribution in [2.45, 2.75) is 50.6 Å². The lowest BCUT2D eigenvalue weighted by Crippen LogP contribution is -2.37. The molecule has 3 heterocycles. The summed E-state index contributed by atoms with van der Waals surface area (Å²) in [6.45, 7) is 0.0637. The molecule has 2 aliphatic heterocycles. The number of pyridine rings is 1. The largest absolute Gasteiger partial charge is 0.480 e. The summed E-state index contributed by atoms with van der Waals surface area (Å²) in [5.74, 6) is -3.35. The molecular formula is C30H29ClF2N4O5. The second kappa shape index (κ2) is 12.7. The molecular weight excluding hydrogens is 570 g/mol. The van der Waals surface area contributed by atoms with Gasteiger partial charge in [0.1, 0.15) is 17.7 Å². The molecule has 1 aromatic heterocycles. The fraction of sp³-hybridized carbons (Fsp3) is 0.333. The van der Waals surface area contributed by atoms with Crippen molar-refractivity contribution < 1.29 is 33.0 Å². The molecule has 2 atom stereocenters. The number of nitrogens with one attached hydrogen (secondary N) is 2. The van der Waals surface area contributed by atoms with Gasteiger partial charge in [-0.05, 0) is 67.3 Å². The molecule has 0 fully saturated rings. The van der Waals surface area contributed by atoms with E-state index in [0.29, 0.717) is 48.2 Å². The van der Waals surface area contributed by atoms with Gasteiger partial charge in [-0.2, -0.15) is 0 Å². The van der Waals surface area contributed by atoms with Crippen LogP contribution >= 0.6 is 11.6 Å². The van der Waals surface area contributed by atoms with E-state index in [2.05, 4.69) is 15.6 Å². The van der Waals surface area contributed by atoms with Gasteiger partial charge in [0, 0.05) is 29.6 Å². The van der Waals surface area contributed by atoms with Gasteiger partial charge < -0.3 is 20.1 Å². The average Bonchev–Trinajstić information content (AvgIpc) is 2.97. The molecule has 0 aliphatic carbocycles. The number of ether oxygens (including phenoxy) is 1. The Balaban J connectivity index is 1.54. The number of rotatable bonds is 2. The lowest BCUT2D eigenvalue weighted by atomic mass is 9.91. The van der Waals surface area contributed by atoms with Crippen molar-refractivity contribution in [3.05, 3.63) is 76.6 Å². The van der Waals surface area contributed by atoms with Crippen LogP contribution in [-0.2, 0) is 20.9 Å². The van der Waals surface area contributed by atoms with Gasteiger partial charge in [-0.1, -0.05) is 24.4 Å². The molecule has 42 heavy (non-hydrogen) atoms. The van der Waals surface area contributed by atoms with E-state index in [9.17, 15) is 23.9 Å². The number of hydrogen-bond acceptors (Lipinski definition) is 6. The van der Waals surface area contributed by atoms with Crippen LogP contribution in [0.3, 0.4) is 0 Å². The number of carbonyl (C=O) groups is 3. The van der Waals surface area contributed by atoms with E-state index in [1.807, 2.05) is 0 Å². The molecule has 220 valence electrons. The first-order chi connectivity index (χ1) is 20.2. The Morgan fingerprint density at radius 1 is 1.05 bits per heavy atom. The fourth-order valence-corrected chi connectivity index (χ4v) is 5.51. The molecule has 0 radical (unpaired) electrons. The highest BCUT2D eigenvalue weighted by atomic mass is 35.5. The maximum absolute atomic E-state index is 15.2. The van der Waals surface area contributed by atoms with Crippen LogP contribution in [0.5, 0.6) is 0 Å². The third kappa shape index (κ3) is 6.46. The van der Waals surface area contributed by atoms with Gasteiger partial charge in [0.2, 0.25) is 5.91 Å². The van der Waals surface area contributed by atoms with Crippen LogP contribution < -0.4 is 10.6 Å². The van der Waals surface area contributed by atoms with Crippen molar-refractivity contribution in [2.75, 3.05) is 23.8 Å². The summed E-state index contributed by atoms with van der Waals surface area (Å²) in [4.78, 5) is 44.4. The summed E-state index contributed by atoms with van der Waals surface area (Å²) in [5, 5.41) is 15.2. The maximum Gasteiger partial charge on any atom is 0.411 e. The first-order valence-electron chi connectivity index (χ1n) is 13.7. The third-order valence-electron chi connectivity index (χ3n) is 7.49. The highest BCUT2D eigenvalue weighted by molar-refractivity contribution is 6.31. The Morgan fingerprint density at radius 3 is 2.64 bits per heavy atom. The summed E-state index contributed by atoms with van der Waals surface area (Å²) < 4.78 is 34.8. The zero-order chi connectivity index (χ0) is 29.8. The number of fused-ring (bicyclic) bond motifs is 5. The van der Waals surface area contributed by atoms with Gasteiger partial charge in [-0.25, -0.2) is 18.4 Å². The van der Waals surface area contributed by atoms with E-state index < -0.39 is 35.7 Å². The van der Waals surface area contributed by atoms with E-state index in [0.717, 1.165) is 0 Å². The Hall–Kier alpha value is -4.25. The quantitative estimate of drug-likeness (QED) is 0.322. The molecule has 2 aliphatic rings. The smallest absolute Gasteiger partial charge is 0.411 e. The molecule has 9 nitrogen and oxygen atoms in total. The third-order valence-corrected chi connectivity index (χ3v) is 7.78. The summed E-state index contributed by atoms with van der Waals surface area (Å²) in [7, 11) is 0. The number of halogens is 3. The monoisotopic (exact) mass is 598 g/mol. The van der Waals surface area contributed by atoms with Crippen molar-refractivity contribution >= 4 is 40.9 Å². The highest BCUT2D eigenvalue weighted by Gasteiger charge is 2.30. The standard InChI is InChI=1S/C30H29ClF2N4O5/c31-22-7-9-24-21(27(22)33)16-37(12-3-13-42-30(41)36-24)28(38)19-4-1-2-5-25(29(39)40)35-23-8-6-18(32)15-20(23)17-10-11-34-26(19)14-17/h6-11,14-15,19,25,35H,1-5,12-13,16H2,(H,36,41)(H,39,40). The lowest BCUT2D eigenvalue weighted by molar-refractivity contribution is -0.138. The number of carbonyl (C=O) groups excluding carboxylic acids is 2. The Kier molecular flexibility index (Phi) is 8.86. The molecule has 12 heteroatoms. The minimum Gasteiger partial charge on any atom is -0.480 e. The number of amides is 2. The maximum atomic E-state index is 15.2. The molecule has 2 aromatic carbocycles. The molecule has 2 bridgehead atoms. The minimum absolute atomic E-state index is 0.0457. The predicted molar refractivity (Wildman–Crippen MR) is 152 cm³/mol. The van der Waals surface area contributed by atoms with Crippen LogP contribution in [0.25, 0.3) is 11.1 Å². The van der Waals surface area contributed by atoms with E-state index >= 15 is 4.39 Å². The minimum atomic E-state index is -1.04. The second-order valence-corrected chi connectivity index (χ2v) is 10.7. The van der Waals surface area contributed by atoms with Crippen molar-refractivity contribution in [1.82, 2.24) is 9.88 Å². The van der Waals surface area contributed by atoms with Gasteiger partial charge >= 0.3 is 12.1 Å². The Labute approximate surface area is 245 Å². The normalized spacial score (nSPS) is 19.4. The molecule has 5 rings (SSSR count). The van der Waals surface area contributed by atoms with Gasteiger partial charge in [0.15, 0.2) is 0 Å². The Morgan fingerprint density at radius 2 is 1.83 bits per heavy atom. The van der Waals surface area contributed by atoms with Crippen LogP contribution in [0.15, 0.2) is 48.7 Å².